The molecule has 0 aliphatic heterocycles. The molecule has 0 atom stereocenters. The molecule has 0 fully saturated rings. The number of rotatable bonds is 4. The third-order valence-electron chi connectivity index (χ3n) is 1.53. The van der Waals surface area contributed by atoms with E-state index in [0.717, 1.165) is 0 Å². The van der Waals surface area contributed by atoms with Crippen molar-refractivity contribution >= 4 is 11.8 Å². The molecule has 14 heavy (non-hydrogen) atoms. The number of carbonyl (C=O) groups is 2. The lowest BCUT2D eigenvalue weighted by Crippen LogP contribution is -2.11. The number of Topliss-reactive ketones (excluding diaryl/α,β-unsaturated/α-hetero) is 1. The first-order chi connectivity index (χ1) is 7.50. The van der Waals surface area contributed by atoms with Gasteiger partial charge in [-0.25, -0.2) is 0 Å². The first-order valence-electron chi connectivity index (χ1n) is 5.27. The maximum atomic E-state index is 11.7. The molecule has 3 heteroatoms. The molecule has 3 nitrogen and oxygen atoms in total. The predicted molar refractivity (Wildman–Crippen MR) is 52.0 cm³/mol. The van der Waals surface area contributed by atoms with Gasteiger partial charge >= 0.3 is 5.97 Å². The van der Waals surface area contributed by atoms with Crippen molar-refractivity contribution in [2.75, 3.05) is 6.61 Å². The van der Waals surface area contributed by atoms with Gasteiger partial charge in [0, 0.05) is 8.30 Å². The molecule has 0 aromatic heterocycles. The highest BCUT2D eigenvalue weighted by atomic mass is 16.5. The van der Waals surface area contributed by atoms with Crippen molar-refractivity contribution in [3.8, 4) is 0 Å². The van der Waals surface area contributed by atoms with E-state index in [-0.39, 0.29) is 12.2 Å². The van der Waals surface area contributed by atoms with E-state index in [1.807, 2.05) is 0 Å². The summed E-state index contributed by atoms with van der Waals surface area (Å²) in [7, 11) is 0. The molecule has 0 aliphatic carbocycles. The summed E-state index contributed by atoms with van der Waals surface area (Å²) >= 11 is 0. The normalized spacial score (nSPS) is 12.6. The Morgan fingerprint density at radius 2 is 2.00 bits per heavy atom. The van der Waals surface area contributed by atoms with Gasteiger partial charge in [-0.15, -0.1) is 0 Å². The lowest BCUT2D eigenvalue weighted by Gasteiger charge is -2.00. The number of hydrogen-bond donors (Lipinski definition) is 0. The molecule has 0 N–H and O–H groups in total. The van der Waals surface area contributed by atoms with E-state index in [4.69, 9.17) is 2.74 Å². The van der Waals surface area contributed by atoms with E-state index in [9.17, 15) is 9.59 Å². The first kappa shape index (κ1) is 7.74. The van der Waals surface area contributed by atoms with Gasteiger partial charge in [-0.2, -0.15) is 0 Å². The zero-order valence-corrected chi connectivity index (χ0v) is 7.82. The van der Waals surface area contributed by atoms with Gasteiger partial charge in [0.15, 0.2) is 5.78 Å². The van der Waals surface area contributed by atoms with Crippen LogP contribution in [0.15, 0.2) is 30.3 Å². The van der Waals surface area contributed by atoms with Crippen molar-refractivity contribution in [2.45, 2.75) is 13.3 Å². The number of ketones is 1. The minimum atomic E-state index is -2.63. The molecular weight excluding hydrogens is 180 g/mol. The number of hydrogen-bond acceptors (Lipinski definition) is 3. The van der Waals surface area contributed by atoms with Crippen molar-refractivity contribution < 1.29 is 17.1 Å². The Bertz CT molecular complexity index is 387. The molecule has 0 unspecified atom stereocenters. The van der Waals surface area contributed by atoms with Gasteiger partial charge in [0.25, 0.3) is 0 Å². The van der Waals surface area contributed by atoms with Crippen molar-refractivity contribution in [3.05, 3.63) is 35.9 Å². The summed E-state index contributed by atoms with van der Waals surface area (Å²) in [5.41, 5.74) is 0.153. The summed E-state index contributed by atoms with van der Waals surface area (Å²) in [4.78, 5) is 23.0. The van der Waals surface area contributed by atoms with E-state index in [2.05, 4.69) is 4.74 Å². The van der Waals surface area contributed by atoms with Gasteiger partial charge in [-0.1, -0.05) is 30.3 Å². The average Bonchev–Trinajstić information content (AvgIpc) is 2.29. The fourth-order valence-corrected chi connectivity index (χ4v) is 0.922. The van der Waals surface area contributed by atoms with E-state index in [0.29, 0.717) is 0 Å². The Morgan fingerprint density at radius 1 is 1.36 bits per heavy atom. The van der Waals surface area contributed by atoms with Crippen LogP contribution in [-0.4, -0.2) is 18.4 Å². The van der Waals surface area contributed by atoms with Crippen LogP contribution in [0.3, 0.4) is 0 Å². The fraction of sp³-hybridized carbons (Fsp3) is 0.273. The van der Waals surface area contributed by atoms with Crippen LogP contribution < -0.4 is 0 Å². The highest BCUT2D eigenvalue weighted by molar-refractivity contribution is 6.05. The van der Waals surface area contributed by atoms with Crippen LogP contribution in [0.2, 0.25) is 0 Å². The van der Waals surface area contributed by atoms with E-state index in [1.165, 1.54) is 12.1 Å². The summed E-state index contributed by atoms with van der Waals surface area (Å²) in [6.45, 7) is 1.60. The van der Waals surface area contributed by atoms with Gasteiger partial charge in [0.05, 0.1) is 6.61 Å². The van der Waals surface area contributed by atoms with Crippen molar-refractivity contribution in [1.82, 2.24) is 0 Å². The minimum Gasteiger partial charge on any atom is -0.466 e. The maximum Gasteiger partial charge on any atom is 0.313 e. The number of ether oxygens (including phenoxy) is 1. The summed E-state index contributed by atoms with van der Waals surface area (Å²) in [5.74, 6) is -2.03. The summed E-state index contributed by atoms with van der Waals surface area (Å²) in [6.07, 6.45) is -2.63. The van der Waals surface area contributed by atoms with Gasteiger partial charge in [0.1, 0.15) is 6.37 Å². The van der Waals surface area contributed by atoms with Crippen molar-refractivity contribution in [3.63, 3.8) is 0 Å². The van der Waals surface area contributed by atoms with Gasteiger partial charge in [0.2, 0.25) is 0 Å². The molecule has 1 aromatic carbocycles. The SMILES string of the molecule is [2H]C([2H])(C(=O)OCC)C(=O)c1ccccc1. The summed E-state index contributed by atoms with van der Waals surface area (Å²) in [6, 6.07) is 7.83. The smallest absolute Gasteiger partial charge is 0.313 e. The largest absolute Gasteiger partial charge is 0.466 e. The molecule has 0 amide bonds. The highest BCUT2D eigenvalue weighted by Crippen LogP contribution is 2.03. The molecular formula is C11H12O3. The second-order valence-corrected chi connectivity index (χ2v) is 2.54. The summed E-state index contributed by atoms with van der Waals surface area (Å²) in [5, 5.41) is 0. The standard InChI is InChI=1S/C11H12O3/c1-2-14-11(13)8-10(12)9-6-4-3-5-7-9/h3-7H,2,8H2,1H3/i8D2. The lowest BCUT2D eigenvalue weighted by atomic mass is 10.1. The quantitative estimate of drug-likeness (QED) is 0.417. The Hall–Kier alpha value is -1.64. The fourth-order valence-electron chi connectivity index (χ4n) is 0.922. The number of esters is 1. The lowest BCUT2D eigenvalue weighted by molar-refractivity contribution is -0.141. The van der Waals surface area contributed by atoms with Crippen LogP contribution >= 0.6 is 0 Å². The first-order valence-corrected chi connectivity index (χ1v) is 4.27. The van der Waals surface area contributed by atoms with Gasteiger partial charge in [-0.3, -0.25) is 9.59 Å². The van der Waals surface area contributed by atoms with E-state index >= 15 is 0 Å². The van der Waals surface area contributed by atoms with Crippen LogP contribution in [0.1, 0.15) is 26.4 Å². The highest BCUT2D eigenvalue weighted by Gasteiger charge is 2.11. The maximum absolute atomic E-state index is 11.7. The van der Waals surface area contributed by atoms with Crippen LogP contribution in [0.5, 0.6) is 0 Å². The molecule has 1 aromatic rings. The predicted octanol–water partition coefficient (Wildman–Crippen LogP) is 1.82. The Balaban J connectivity index is 2.92. The molecule has 0 bridgehead atoms. The Kier molecular flexibility index (Phi) is 2.86. The van der Waals surface area contributed by atoms with E-state index in [1.54, 1.807) is 25.1 Å². The third kappa shape index (κ3) is 3.01. The number of benzene rings is 1. The van der Waals surface area contributed by atoms with Gasteiger partial charge < -0.3 is 4.74 Å². The molecule has 74 valence electrons. The minimum absolute atomic E-state index is 0.0421. The Labute approximate surface area is 85.5 Å². The van der Waals surface area contributed by atoms with Crippen molar-refractivity contribution in [1.29, 1.82) is 0 Å². The Morgan fingerprint density at radius 3 is 2.57 bits per heavy atom. The monoisotopic (exact) mass is 194 g/mol. The average molecular weight is 194 g/mol. The third-order valence-corrected chi connectivity index (χ3v) is 1.53. The van der Waals surface area contributed by atoms with Crippen LogP contribution in [0, 0.1) is 0 Å². The van der Waals surface area contributed by atoms with Crippen LogP contribution in [0.4, 0.5) is 0 Å². The second-order valence-electron chi connectivity index (χ2n) is 2.54. The summed E-state index contributed by atoms with van der Waals surface area (Å²) < 4.78 is 19.4. The molecule has 0 aliphatic rings. The van der Waals surface area contributed by atoms with Gasteiger partial charge in [-0.05, 0) is 6.92 Å². The van der Waals surface area contributed by atoms with Crippen molar-refractivity contribution in [2.24, 2.45) is 0 Å². The molecule has 0 saturated heterocycles. The topological polar surface area (TPSA) is 43.4 Å². The molecule has 0 saturated carbocycles. The molecule has 0 heterocycles. The molecule has 1 rings (SSSR count). The molecule has 0 radical (unpaired) electrons. The van der Waals surface area contributed by atoms with Crippen LogP contribution in [-0.2, 0) is 9.53 Å². The number of carbonyl (C=O) groups excluding carboxylic acids is 2. The second kappa shape index (κ2) is 5.17. The van der Waals surface area contributed by atoms with E-state index < -0.39 is 18.1 Å². The van der Waals surface area contributed by atoms with Crippen LogP contribution in [0.25, 0.3) is 0 Å². The molecule has 0 spiro atoms. The zero-order valence-electron chi connectivity index (χ0n) is 9.82. The zero-order chi connectivity index (χ0) is 12.2.